The Morgan fingerprint density at radius 1 is 1.53 bits per heavy atom. The van der Waals surface area contributed by atoms with Gasteiger partial charge in [-0.05, 0) is 38.1 Å². The van der Waals surface area contributed by atoms with Crippen LogP contribution in [0.5, 0.6) is 0 Å². The average Bonchev–Trinajstić information content (AvgIpc) is 2.57. The summed E-state index contributed by atoms with van der Waals surface area (Å²) in [4.78, 5) is 24.6. The van der Waals surface area contributed by atoms with Gasteiger partial charge in [0, 0.05) is 0 Å². The Balaban J connectivity index is 2.91. The molecule has 94 valence electrons. The van der Waals surface area contributed by atoms with Crippen LogP contribution >= 0.6 is 11.8 Å². The molecule has 1 amide bonds. The number of carbonyl (C=O) groups excluding carboxylic acids is 2. The van der Waals surface area contributed by atoms with Crippen LogP contribution in [0.2, 0.25) is 0 Å². The highest BCUT2D eigenvalue weighted by molar-refractivity contribution is 8.19. The van der Waals surface area contributed by atoms with Gasteiger partial charge >= 0.3 is 5.97 Å². The lowest BCUT2D eigenvalue weighted by molar-refractivity contribution is -0.146. The molecule has 1 saturated heterocycles. The van der Waals surface area contributed by atoms with Crippen molar-refractivity contribution >= 4 is 28.7 Å². The van der Waals surface area contributed by atoms with Crippen LogP contribution in [-0.2, 0) is 14.3 Å². The number of esters is 1. The molecule has 6 nitrogen and oxygen atoms in total. The number of hydrogen-bond donors (Lipinski definition) is 1. The number of nitrogens with two attached hydrogens (primary N) is 1. The molecule has 1 aliphatic rings. The second kappa shape index (κ2) is 5.72. The number of amides is 1. The second-order valence-electron chi connectivity index (χ2n) is 3.54. The third-order valence-corrected chi connectivity index (χ3v) is 3.30. The van der Waals surface area contributed by atoms with Crippen molar-refractivity contribution < 1.29 is 14.3 Å². The van der Waals surface area contributed by atoms with Gasteiger partial charge in [-0.25, -0.2) is 0 Å². The van der Waals surface area contributed by atoms with Crippen molar-refractivity contribution in [3.63, 3.8) is 0 Å². The van der Waals surface area contributed by atoms with Gasteiger partial charge in [0.25, 0.3) is 5.91 Å². The lowest BCUT2D eigenvalue weighted by atomic mass is 10.3. The van der Waals surface area contributed by atoms with Crippen LogP contribution in [0.1, 0.15) is 20.8 Å². The first-order chi connectivity index (χ1) is 8.01. The summed E-state index contributed by atoms with van der Waals surface area (Å²) in [7, 11) is 0. The molecule has 0 saturated carbocycles. The SMILES string of the molecule is CCOC(=O)CN1C(=O)C(=NN)SC1=C(C)C. The molecule has 17 heavy (non-hydrogen) atoms. The molecule has 0 atom stereocenters. The zero-order valence-electron chi connectivity index (χ0n) is 10.0. The maximum absolute atomic E-state index is 11.8. The molecular formula is C10H15N3O3S. The molecule has 0 bridgehead atoms. The lowest BCUT2D eigenvalue weighted by Crippen LogP contribution is -2.33. The Bertz CT molecular complexity index is 400. The van der Waals surface area contributed by atoms with Crippen LogP contribution in [-0.4, -0.2) is 35.0 Å². The fourth-order valence-corrected chi connectivity index (χ4v) is 2.23. The highest BCUT2D eigenvalue weighted by Crippen LogP contribution is 2.33. The Morgan fingerprint density at radius 3 is 2.65 bits per heavy atom. The van der Waals surface area contributed by atoms with Crippen LogP contribution in [0.3, 0.4) is 0 Å². The number of allylic oxidation sites excluding steroid dienone is 1. The van der Waals surface area contributed by atoms with E-state index in [0.29, 0.717) is 5.03 Å². The van der Waals surface area contributed by atoms with Crippen molar-refractivity contribution in [1.29, 1.82) is 0 Å². The van der Waals surface area contributed by atoms with E-state index in [1.165, 1.54) is 16.7 Å². The first kappa shape index (κ1) is 13.6. The molecule has 1 rings (SSSR count). The standard InChI is InChI=1S/C10H15N3O3S/c1-4-16-7(14)5-13-9(15)8(12-11)17-10(13)6(2)3/h4-5,11H2,1-3H3. The minimum atomic E-state index is -0.446. The van der Waals surface area contributed by atoms with Crippen LogP contribution < -0.4 is 5.84 Å². The van der Waals surface area contributed by atoms with E-state index in [4.69, 9.17) is 10.6 Å². The molecular weight excluding hydrogens is 242 g/mol. The molecule has 0 unspecified atom stereocenters. The van der Waals surface area contributed by atoms with E-state index >= 15 is 0 Å². The van der Waals surface area contributed by atoms with E-state index in [0.717, 1.165) is 5.57 Å². The normalized spacial score (nSPS) is 17.8. The summed E-state index contributed by atoms with van der Waals surface area (Å²) in [6.07, 6.45) is 0. The summed E-state index contributed by atoms with van der Waals surface area (Å²) in [6.45, 7) is 5.60. The summed E-state index contributed by atoms with van der Waals surface area (Å²) in [6, 6.07) is 0. The lowest BCUT2D eigenvalue weighted by Gasteiger charge is -2.16. The Hall–Kier alpha value is -1.50. The van der Waals surface area contributed by atoms with E-state index < -0.39 is 5.97 Å². The van der Waals surface area contributed by atoms with Crippen molar-refractivity contribution in [2.45, 2.75) is 20.8 Å². The van der Waals surface area contributed by atoms with Crippen LogP contribution in [0, 0.1) is 0 Å². The Kier molecular flexibility index (Phi) is 4.56. The molecule has 7 heteroatoms. The Morgan fingerprint density at radius 2 is 2.18 bits per heavy atom. The highest BCUT2D eigenvalue weighted by Gasteiger charge is 2.35. The number of thioether (sulfide) groups is 1. The molecule has 0 radical (unpaired) electrons. The molecule has 1 aliphatic heterocycles. The molecule has 2 N–H and O–H groups in total. The van der Waals surface area contributed by atoms with Crippen molar-refractivity contribution in [3.05, 3.63) is 10.6 Å². The monoisotopic (exact) mass is 257 g/mol. The topological polar surface area (TPSA) is 85.0 Å². The third kappa shape index (κ3) is 3.00. The second-order valence-corrected chi connectivity index (χ2v) is 4.52. The van der Waals surface area contributed by atoms with Crippen LogP contribution in [0.4, 0.5) is 0 Å². The van der Waals surface area contributed by atoms with Gasteiger partial charge in [-0.3, -0.25) is 14.5 Å². The molecule has 1 fully saturated rings. The first-order valence-corrected chi connectivity index (χ1v) is 5.93. The average molecular weight is 257 g/mol. The van der Waals surface area contributed by atoms with Gasteiger partial charge in [0.15, 0.2) is 5.04 Å². The molecule has 0 aliphatic carbocycles. The summed E-state index contributed by atoms with van der Waals surface area (Å²) in [5.41, 5.74) is 0.922. The number of ether oxygens (including phenoxy) is 1. The number of carbonyl (C=O) groups is 2. The van der Waals surface area contributed by atoms with Crippen molar-refractivity contribution in [1.82, 2.24) is 4.90 Å². The summed E-state index contributed by atoms with van der Waals surface area (Å²) in [5.74, 6) is 4.31. The zero-order valence-corrected chi connectivity index (χ0v) is 10.8. The largest absolute Gasteiger partial charge is 0.465 e. The van der Waals surface area contributed by atoms with Gasteiger partial charge in [-0.1, -0.05) is 0 Å². The van der Waals surface area contributed by atoms with Gasteiger partial charge in [-0.2, -0.15) is 5.10 Å². The maximum Gasteiger partial charge on any atom is 0.326 e. The Labute approximate surface area is 104 Å². The summed E-state index contributed by atoms with van der Waals surface area (Å²) in [5, 5.41) is 4.28. The van der Waals surface area contributed by atoms with Gasteiger partial charge in [0.1, 0.15) is 6.54 Å². The summed E-state index contributed by atoms with van der Waals surface area (Å²) >= 11 is 1.17. The number of hydrazone groups is 1. The number of hydrogen-bond acceptors (Lipinski definition) is 6. The van der Waals surface area contributed by atoms with Crippen molar-refractivity contribution in [2.75, 3.05) is 13.2 Å². The minimum absolute atomic E-state index is 0.112. The quantitative estimate of drug-likeness (QED) is 0.456. The molecule has 0 aromatic heterocycles. The van der Waals surface area contributed by atoms with E-state index in [2.05, 4.69) is 5.10 Å². The van der Waals surface area contributed by atoms with Crippen molar-refractivity contribution in [2.24, 2.45) is 10.9 Å². The predicted molar refractivity (Wildman–Crippen MR) is 65.9 cm³/mol. The van der Waals surface area contributed by atoms with Gasteiger partial charge in [0.2, 0.25) is 0 Å². The fourth-order valence-electron chi connectivity index (χ4n) is 1.33. The van der Waals surface area contributed by atoms with E-state index in [9.17, 15) is 9.59 Å². The van der Waals surface area contributed by atoms with E-state index in [1.54, 1.807) is 6.92 Å². The third-order valence-electron chi connectivity index (χ3n) is 2.00. The molecule has 0 spiro atoms. The number of rotatable bonds is 3. The molecule has 1 heterocycles. The van der Waals surface area contributed by atoms with Gasteiger partial charge in [-0.15, -0.1) is 0 Å². The molecule has 0 aromatic rings. The first-order valence-electron chi connectivity index (χ1n) is 5.12. The summed E-state index contributed by atoms with van der Waals surface area (Å²) < 4.78 is 4.81. The van der Waals surface area contributed by atoms with E-state index in [-0.39, 0.29) is 24.1 Å². The smallest absolute Gasteiger partial charge is 0.326 e. The number of nitrogens with zero attached hydrogens (tertiary/aromatic N) is 2. The minimum Gasteiger partial charge on any atom is -0.465 e. The van der Waals surface area contributed by atoms with E-state index in [1.807, 2.05) is 13.8 Å². The maximum atomic E-state index is 11.8. The molecule has 0 aromatic carbocycles. The highest BCUT2D eigenvalue weighted by atomic mass is 32.2. The van der Waals surface area contributed by atoms with Gasteiger partial charge < -0.3 is 10.6 Å². The zero-order chi connectivity index (χ0) is 13.0. The van der Waals surface area contributed by atoms with Crippen molar-refractivity contribution in [3.8, 4) is 0 Å². The van der Waals surface area contributed by atoms with Crippen LogP contribution in [0.25, 0.3) is 0 Å². The fraction of sp³-hybridized carbons (Fsp3) is 0.500. The van der Waals surface area contributed by atoms with Crippen LogP contribution in [0.15, 0.2) is 15.7 Å². The van der Waals surface area contributed by atoms with Gasteiger partial charge in [0.05, 0.1) is 11.6 Å². The predicted octanol–water partition coefficient (Wildman–Crippen LogP) is 0.649.